The fraction of sp³-hybridized carbons (Fsp3) is 0.538. The number of esters is 1. The molecule has 1 aromatic rings. The van der Waals surface area contributed by atoms with E-state index >= 15 is 0 Å². The lowest BCUT2D eigenvalue weighted by molar-refractivity contribution is -0.123. The summed E-state index contributed by atoms with van der Waals surface area (Å²) in [4.78, 5) is 22.9. The first-order chi connectivity index (χ1) is 9.58. The fourth-order valence-corrected chi connectivity index (χ4v) is 1.46. The van der Waals surface area contributed by atoms with Crippen LogP contribution in [0.1, 0.15) is 23.2 Å². The van der Waals surface area contributed by atoms with E-state index in [0.717, 1.165) is 0 Å². The molecule has 0 saturated carbocycles. The molecule has 0 bridgehead atoms. The van der Waals surface area contributed by atoms with E-state index in [-0.39, 0.29) is 17.7 Å². The van der Waals surface area contributed by atoms with Crippen molar-refractivity contribution in [2.24, 2.45) is 0 Å². The van der Waals surface area contributed by atoms with Crippen LogP contribution in [-0.2, 0) is 20.8 Å². The van der Waals surface area contributed by atoms with Crippen LogP contribution in [-0.4, -0.2) is 45.3 Å². The maximum absolute atomic E-state index is 11.7. The van der Waals surface area contributed by atoms with Crippen molar-refractivity contribution in [2.45, 2.75) is 19.5 Å². The van der Waals surface area contributed by atoms with Gasteiger partial charge in [0.15, 0.2) is 0 Å². The van der Waals surface area contributed by atoms with Gasteiger partial charge in [-0.15, -0.1) is 0 Å². The molecule has 2 N–H and O–H groups in total. The number of carbonyl (C=O) groups excluding carboxylic acids is 2. The number of nitrogens with one attached hydrogen (secondary N) is 2. The summed E-state index contributed by atoms with van der Waals surface area (Å²) in [5, 5.41) is 5.72. The maximum Gasteiger partial charge on any atom is 0.373 e. The summed E-state index contributed by atoms with van der Waals surface area (Å²) in [5.41, 5.74) is 0. The van der Waals surface area contributed by atoms with E-state index in [1.807, 2.05) is 0 Å². The second-order valence-corrected chi connectivity index (χ2v) is 4.14. The van der Waals surface area contributed by atoms with Crippen LogP contribution < -0.4 is 10.6 Å². The van der Waals surface area contributed by atoms with Gasteiger partial charge < -0.3 is 19.2 Å². The van der Waals surface area contributed by atoms with Crippen molar-refractivity contribution in [3.05, 3.63) is 23.7 Å². The Morgan fingerprint density at radius 1 is 1.35 bits per heavy atom. The van der Waals surface area contributed by atoms with Crippen LogP contribution in [0.15, 0.2) is 16.5 Å². The van der Waals surface area contributed by atoms with Crippen molar-refractivity contribution in [1.29, 1.82) is 0 Å². The van der Waals surface area contributed by atoms with Gasteiger partial charge in [-0.25, -0.2) is 4.79 Å². The highest BCUT2D eigenvalue weighted by atomic mass is 16.5. The minimum atomic E-state index is -0.526. The van der Waals surface area contributed by atoms with E-state index in [1.54, 1.807) is 20.1 Å². The predicted molar refractivity (Wildman–Crippen MR) is 71.2 cm³/mol. The molecule has 0 spiro atoms. The maximum atomic E-state index is 11.7. The topological polar surface area (TPSA) is 89.8 Å². The summed E-state index contributed by atoms with van der Waals surface area (Å²) < 4.78 is 14.7. The Balaban J connectivity index is 2.36. The molecule has 0 aliphatic carbocycles. The average Bonchev–Trinajstić information content (AvgIpc) is 2.92. The molecular formula is C13H20N2O5. The Kier molecular flexibility index (Phi) is 6.75. The second kappa shape index (κ2) is 8.34. The van der Waals surface area contributed by atoms with Crippen LogP contribution in [0.2, 0.25) is 0 Å². The molecular weight excluding hydrogens is 264 g/mol. The lowest BCUT2D eigenvalue weighted by Crippen LogP contribution is -2.42. The number of rotatable bonds is 8. The summed E-state index contributed by atoms with van der Waals surface area (Å²) in [6.07, 6.45) is 0. The molecule has 0 fully saturated rings. The molecule has 0 saturated heterocycles. The number of carbonyl (C=O) groups is 2. The zero-order valence-corrected chi connectivity index (χ0v) is 11.9. The van der Waals surface area contributed by atoms with Gasteiger partial charge in [0.1, 0.15) is 5.76 Å². The summed E-state index contributed by atoms with van der Waals surface area (Å²) in [6.45, 7) is 3.02. The van der Waals surface area contributed by atoms with Crippen LogP contribution >= 0.6 is 0 Å². The smallest absolute Gasteiger partial charge is 0.373 e. The Morgan fingerprint density at radius 3 is 2.75 bits per heavy atom. The van der Waals surface area contributed by atoms with Crippen molar-refractivity contribution < 1.29 is 23.5 Å². The molecule has 0 radical (unpaired) electrons. The number of ether oxygens (including phenoxy) is 2. The Labute approximate surface area is 117 Å². The first-order valence-electron chi connectivity index (χ1n) is 6.25. The summed E-state index contributed by atoms with van der Waals surface area (Å²) >= 11 is 0. The van der Waals surface area contributed by atoms with Gasteiger partial charge in [-0.05, 0) is 19.1 Å². The van der Waals surface area contributed by atoms with E-state index in [4.69, 9.17) is 9.15 Å². The highest BCUT2D eigenvalue weighted by Crippen LogP contribution is 2.08. The minimum absolute atomic E-state index is 0.123. The standard InChI is InChI=1S/C13H20N2O5/c1-9(12(16)14-6-7-18-2)15-8-10-4-5-11(20-10)13(17)19-3/h4-5,9,15H,6-8H2,1-3H3,(H,14,16). The molecule has 112 valence electrons. The predicted octanol–water partition coefficient (Wildman–Crippen LogP) is 0.307. The molecule has 1 rings (SSSR count). The average molecular weight is 284 g/mol. The second-order valence-electron chi connectivity index (χ2n) is 4.14. The van der Waals surface area contributed by atoms with Gasteiger partial charge in [-0.2, -0.15) is 0 Å². The van der Waals surface area contributed by atoms with Crippen LogP contribution in [0, 0.1) is 0 Å². The summed E-state index contributed by atoms with van der Waals surface area (Å²) in [5.74, 6) is 0.0480. The number of hydrogen-bond acceptors (Lipinski definition) is 6. The van der Waals surface area contributed by atoms with Crippen molar-refractivity contribution >= 4 is 11.9 Å². The molecule has 0 aliphatic rings. The highest BCUT2D eigenvalue weighted by Gasteiger charge is 2.14. The molecule has 20 heavy (non-hydrogen) atoms. The molecule has 1 amide bonds. The first-order valence-corrected chi connectivity index (χ1v) is 6.25. The molecule has 7 nitrogen and oxygen atoms in total. The monoisotopic (exact) mass is 284 g/mol. The fourth-order valence-electron chi connectivity index (χ4n) is 1.46. The van der Waals surface area contributed by atoms with Crippen LogP contribution in [0.4, 0.5) is 0 Å². The van der Waals surface area contributed by atoms with E-state index in [2.05, 4.69) is 15.4 Å². The first kappa shape index (κ1) is 16.2. The van der Waals surface area contributed by atoms with Crippen molar-refractivity contribution in [3.8, 4) is 0 Å². The Hall–Kier alpha value is -1.86. The van der Waals surface area contributed by atoms with Crippen molar-refractivity contribution in [1.82, 2.24) is 10.6 Å². The zero-order chi connectivity index (χ0) is 15.0. The summed E-state index contributed by atoms with van der Waals surface area (Å²) in [7, 11) is 2.86. The van der Waals surface area contributed by atoms with Crippen LogP contribution in [0.3, 0.4) is 0 Å². The van der Waals surface area contributed by atoms with Gasteiger partial charge in [0.2, 0.25) is 11.7 Å². The third-order valence-electron chi connectivity index (χ3n) is 2.63. The van der Waals surface area contributed by atoms with Crippen molar-refractivity contribution in [2.75, 3.05) is 27.4 Å². The van der Waals surface area contributed by atoms with Crippen molar-refractivity contribution in [3.63, 3.8) is 0 Å². The highest BCUT2D eigenvalue weighted by molar-refractivity contribution is 5.86. The van der Waals surface area contributed by atoms with Gasteiger partial charge >= 0.3 is 5.97 Å². The number of methoxy groups -OCH3 is 2. The molecule has 1 aromatic heterocycles. The number of furan rings is 1. The van der Waals surface area contributed by atoms with Crippen LogP contribution in [0.5, 0.6) is 0 Å². The van der Waals surface area contributed by atoms with Gasteiger partial charge in [-0.1, -0.05) is 0 Å². The zero-order valence-electron chi connectivity index (χ0n) is 11.9. The lowest BCUT2D eigenvalue weighted by Gasteiger charge is -2.12. The normalized spacial score (nSPS) is 11.9. The quantitative estimate of drug-likeness (QED) is 0.527. The number of hydrogen-bond donors (Lipinski definition) is 2. The molecule has 1 atom stereocenters. The summed E-state index contributed by atoms with van der Waals surface area (Å²) in [6, 6.07) is 2.82. The largest absolute Gasteiger partial charge is 0.463 e. The van der Waals surface area contributed by atoms with Crippen LogP contribution in [0.25, 0.3) is 0 Å². The van der Waals surface area contributed by atoms with E-state index in [0.29, 0.717) is 25.5 Å². The van der Waals surface area contributed by atoms with Gasteiger partial charge in [0.05, 0.1) is 26.3 Å². The molecule has 0 aromatic carbocycles. The molecule has 1 unspecified atom stereocenters. The van der Waals surface area contributed by atoms with E-state index in [1.165, 1.54) is 13.2 Å². The Morgan fingerprint density at radius 2 is 2.10 bits per heavy atom. The van der Waals surface area contributed by atoms with Gasteiger partial charge in [0.25, 0.3) is 0 Å². The molecule has 0 aliphatic heterocycles. The third kappa shape index (κ3) is 5.02. The molecule has 7 heteroatoms. The Bertz CT molecular complexity index is 444. The third-order valence-corrected chi connectivity index (χ3v) is 2.63. The number of amides is 1. The van der Waals surface area contributed by atoms with Gasteiger partial charge in [0, 0.05) is 13.7 Å². The van der Waals surface area contributed by atoms with Gasteiger partial charge in [-0.3, -0.25) is 10.1 Å². The molecule has 1 heterocycles. The SMILES string of the molecule is COCCNC(=O)C(C)NCc1ccc(C(=O)OC)o1. The lowest BCUT2D eigenvalue weighted by atomic mass is 10.3. The van der Waals surface area contributed by atoms with E-state index in [9.17, 15) is 9.59 Å². The minimum Gasteiger partial charge on any atom is -0.463 e. The van der Waals surface area contributed by atoms with E-state index < -0.39 is 5.97 Å².